The quantitative estimate of drug-likeness (QED) is 0.724. The molecule has 0 aromatic carbocycles. The zero-order chi connectivity index (χ0) is 15.6. The lowest BCUT2D eigenvalue weighted by molar-refractivity contribution is 0.238. The van der Waals surface area contributed by atoms with Crippen molar-refractivity contribution in [2.45, 2.75) is 19.5 Å². The summed E-state index contributed by atoms with van der Waals surface area (Å²) in [6, 6.07) is 0. The van der Waals surface area contributed by atoms with Gasteiger partial charge in [0, 0.05) is 63.5 Å². The van der Waals surface area contributed by atoms with Crippen LogP contribution in [0.1, 0.15) is 17.0 Å². The Morgan fingerprint density at radius 2 is 1.96 bits per heavy atom. The minimum atomic E-state index is 0.699. The van der Waals surface area contributed by atoms with Crippen molar-refractivity contribution < 1.29 is 0 Å². The molecule has 0 saturated carbocycles. The third-order valence-electron chi connectivity index (χ3n) is 4.13. The molecule has 3 aromatic heterocycles. The molecule has 7 heteroatoms. The Hall–Kier alpha value is -2.67. The second-order valence-corrected chi connectivity index (χ2v) is 5.75. The van der Waals surface area contributed by atoms with Gasteiger partial charge in [0.1, 0.15) is 6.33 Å². The lowest BCUT2D eigenvalue weighted by atomic mass is 10.1. The number of hydrogen-bond acceptors (Lipinski definition) is 6. The molecule has 0 spiro atoms. The predicted octanol–water partition coefficient (Wildman–Crippen LogP) is 1.23. The normalized spacial score (nSPS) is 14.7. The standard InChI is InChI=1S/C16H17N7/c1-22-11-19-7-14(22)9-23-3-2-15-13(8-23)6-20-16(21-15)12-4-17-10-18-5-12/h4-7,10-11H,2-3,8-9H2,1H3. The number of nitrogens with zero attached hydrogens (tertiary/aromatic N) is 7. The van der Waals surface area contributed by atoms with E-state index in [0.29, 0.717) is 5.82 Å². The molecule has 23 heavy (non-hydrogen) atoms. The van der Waals surface area contributed by atoms with Crippen LogP contribution in [0.2, 0.25) is 0 Å². The highest BCUT2D eigenvalue weighted by Gasteiger charge is 2.19. The molecule has 4 heterocycles. The first-order valence-corrected chi connectivity index (χ1v) is 7.57. The molecule has 0 fully saturated rings. The Bertz CT molecular complexity index is 812. The molecule has 0 bridgehead atoms. The number of fused-ring (bicyclic) bond motifs is 1. The Morgan fingerprint density at radius 3 is 2.74 bits per heavy atom. The van der Waals surface area contributed by atoms with Gasteiger partial charge in [-0.05, 0) is 0 Å². The minimum absolute atomic E-state index is 0.699. The van der Waals surface area contributed by atoms with Gasteiger partial charge in [-0.25, -0.2) is 24.9 Å². The summed E-state index contributed by atoms with van der Waals surface area (Å²) >= 11 is 0. The van der Waals surface area contributed by atoms with Crippen LogP contribution in [0, 0.1) is 0 Å². The van der Waals surface area contributed by atoms with Gasteiger partial charge in [-0.3, -0.25) is 4.90 Å². The molecule has 1 aliphatic heterocycles. The first kappa shape index (κ1) is 14.0. The van der Waals surface area contributed by atoms with Crippen LogP contribution < -0.4 is 0 Å². The van der Waals surface area contributed by atoms with Gasteiger partial charge >= 0.3 is 0 Å². The lowest BCUT2D eigenvalue weighted by Gasteiger charge is -2.27. The molecule has 0 N–H and O–H groups in total. The number of imidazole rings is 1. The van der Waals surface area contributed by atoms with Crippen molar-refractivity contribution in [1.29, 1.82) is 0 Å². The van der Waals surface area contributed by atoms with Gasteiger partial charge < -0.3 is 4.57 Å². The minimum Gasteiger partial charge on any atom is -0.337 e. The van der Waals surface area contributed by atoms with E-state index in [4.69, 9.17) is 4.98 Å². The van der Waals surface area contributed by atoms with Crippen LogP contribution in [0.15, 0.2) is 37.4 Å². The summed E-state index contributed by atoms with van der Waals surface area (Å²) in [5, 5.41) is 0. The van der Waals surface area contributed by atoms with E-state index in [9.17, 15) is 0 Å². The Kier molecular flexibility index (Phi) is 3.55. The van der Waals surface area contributed by atoms with Gasteiger partial charge in [-0.1, -0.05) is 0 Å². The summed E-state index contributed by atoms with van der Waals surface area (Å²) in [5.41, 5.74) is 4.39. The molecular weight excluding hydrogens is 290 g/mol. The van der Waals surface area contributed by atoms with Crippen molar-refractivity contribution in [3.63, 3.8) is 0 Å². The maximum Gasteiger partial charge on any atom is 0.162 e. The first-order valence-electron chi connectivity index (χ1n) is 7.57. The zero-order valence-corrected chi connectivity index (χ0v) is 12.9. The summed E-state index contributed by atoms with van der Waals surface area (Å²) in [4.78, 5) is 23.8. The van der Waals surface area contributed by atoms with Crippen molar-refractivity contribution in [3.8, 4) is 11.4 Å². The van der Waals surface area contributed by atoms with E-state index in [2.05, 4.69) is 29.4 Å². The van der Waals surface area contributed by atoms with Gasteiger partial charge in [-0.15, -0.1) is 0 Å². The average Bonchev–Trinajstić information content (AvgIpc) is 3.00. The molecule has 116 valence electrons. The Morgan fingerprint density at radius 1 is 1.09 bits per heavy atom. The maximum absolute atomic E-state index is 4.70. The van der Waals surface area contributed by atoms with E-state index in [1.807, 2.05) is 25.8 Å². The molecule has 7 nitrogen and oxygen atoms in total. The van der Waals surface area contributed by atoms with E-state index in [1.165, 1.54) is 17.6 Å². The third kappa shape index (κ3) is 2.83. The topological polar surface area (TPSA) is 72.6 Å². The molecule has 0 radical (unpaired) electrons. The Balaban J connectivity index is 1.53. The molecule has 0 atom stereocenters. The summed E-state index contributed by atoms with van der Waals surface area (Å²) < 4.78 is 2.06. The summed E-state index contributed by atoms with van der Waals surface area (Å²) in [6.07, 6.45) is 11.6. The van der Waals surface area contributed by atoms with Crippen LogP contribution in [-0.4, -0.2) is 40.9 Å². The molecule has 4 rings (SSSR count). The highest BCUT2D eigenvalue weighted by molar-refractivity contribution is 5.52. The SMILES string of the molecule is Cn1cncc1CN1CCc2nc(-c3cncnc3)ncc2C1. The molecule has 0 amide bonds. The zero-order valence-electron chi connectivity index (χ0n) is 12.9. The fourth-order valence-electron chi connectivity index (χ4n) is 2.83. The smallest absolute Gasteiger partial charge is 0.162 e. The third-order valence-corrected chi connectivity index (χ3v) is 4.13. The summed E-state index contributed by atoms with van der Waals surface area (Å²) in [5.74, 6) is 0.699. The Labute approximate surface area is 134 Å². The van der Waals surface area contributed by atoms with Crippen LogP contribution in [0.4, 0.5) is 0 Å². The van der Waals surface area contributed by atoms with Gasteiger partial charge in [0.2, 0.25) is 0 Å². The fourth-order valence-corrected chi connectivity index (χ4v) is 2.83. The predicted molar refractivity (Wildman–Crippen MR) is 84.1 cm³/mol. The van der Waals surface area contributed by atoms with E-state index in [-0.39, 0.29) is 0 Å². The van der Waals surface area contributed by atoms with Gasteiger partial charge in [-0.2, -0.15) is 0 Å². The van der Waals surface area contributed by atoms with Gasteiger partial charge in [0.25, 0.3) is 0 Å². The molecule has 0 unspecified atom stereocenters. The number of rotatable bonds is 3. The van der Waals surface area contributed by atoms with Crippen LogP contribution in [-0.2, 0) is 26.6 Å². The second kappa shape index (κ2) is 5.85. The van der Waals surface area contributed by atoms with Crippen LogP contribution in [0.3, 0.4) is 0 Å². The van der Waals surface area contributed by atoms with Crippen LogP contribution in [0.5, 0.6) is 0 Å². The fraction of sp³-hybridized carbons (Fsp3) is 0.312. The molecule has 1 aliphatic rings. The second-order valence-electron chi connectivity index (χ2n) is 5.75. The molecule has 3 aromatic rings. The number of aromatic nitrogens is 6. The van der Waals surface area contributed by atoms with Crippen LogP contribution >= 0.6 is 0 Å². The lowest BCUT2D eigenvalue weighted by Crippen LogP contribution is -2.31. The van der Waals surface area contributed by atoms with Crippen molar-refractivity contribution in [2.75, 3.05) is 6.54 Å². The highest BCUT2D eigenvalue weighted by Crippen LogP contribution is 2.21. The van der Waals surface area contributed by atoms with Crippen molar-refractivity contribution in [2.24, 2.45) is 7.05 Å². The monoisotopic (exact) mass is 307 g/mol. The average molecular weight is 307 g/mol. The van der Waals surface area contributed by atoms with Crippen molar-refractivity contribution in [1.82, 2.24) is 34.4 Å². The van der Waals surface area contributed by atoms with Crippen molar-refractivity contribution in [3.05, 3.63) is 54.4 Å². The maximum atomic E-state index is 4.70. The van der Waals surface area contributed by atoms with E-state index >= 15 is 0 Å². The largest absolute Gasteiger partial charge is 0.337 e. The number of hydrogen-bond donors (Lipinski definition) is 0. The van der Waals surface area contributed by atoms with E-state index in [0.717, 1.165) is 37.3 Å². The first-order chi connectivity index (χ1) is 11.3. The van der Waals surface area contributed by atoms with Gasteiger partial charge in [0.05, 0.1) is 23.3 Å². The summed E-state index contributed by atoms with van der Waals surface area (Å²) in [6.45, 7) is 2.75. The highest BCUT2D eigenvalue weighted by atomic mass is 15.2. The summed E-state index contributed by atoms with van der Waals surface area (Å²) in [7, 11) is 2.03. The van der Waals surface area contributed by atoms with E-state index < -0.39 is 0 Å². The van der Waals surface area contributed by atoms with Crippen LogP contribution in [0.25, 0.3) is 11.4 Å². The number of aryl methyl sites for hydroxylation is 1. The van der Waals surface area contributed by atoms with Gasteiger partial charge in [0.15, 0.2) is 5.82 Å². The molecule has 0 saturated heterocycles. The molecule has 0 aliphatic carbocycles. The van der Waals surface area contributed by atoms with Crippen molar-refractivity contribution >= 4 is 0 Å². The van der Waals surface area contributed by atoms with E-state index in [1.54, 1.807) is 12.4 Å². The molecular formula is C16H17N7.